The van der Waals surface area contributed by atoms with E-state index >= 15 is 0 Å². The molecule has 1 atom stereocenters. The van der Waals surface area contributed by atoms with Gasteiger partial charge in [-0.05, 0) is 24.7 Å². The maximum atomic E-state index is 9.62. The first-order chi connectivity index (χ1) is 6.15. The summed E-state index contributed by atoms with van der Waals surface area (Å²) in [5.41, 5.74) is 0.771. The van der Waals surface area contributed by atoms with Crippen molar-refractivity contribution >= 4 is 15.9 Å². The third kappa shape index (κ3) is 2.69. The van der Waals surface area contributed by atoms with Crippen molar-refractivity contribution in [3.05, 3.63) is 28.2 Å². The lowest BCUT2D eigenvalue weighted by Crippen LogP contribution is -2.16. The Bertz CT molecular complexity index is 291. The molecule has 3 nitrogen and oxygen atoms in total. The van der Waals surface area contributed by atoms with Crippen molar-refractivity contribution in [3.8, 4) is 5.75 Å². The zero-order chi connectivity index (χ0) is 9.84. The predicted molar refractivity (Wildman–Crippen MR) is 54.7 cm³/mol. The van der Waals surface area contributed by atoms with Crippen molar-refractivity contribution in [2.45, 2.75) is 6.10 Å². The van der Waals surface area contributed by atoms with E-state index in [2.05, 4.69) is 21.2 Å². The summed E-state index contributed by atoms with van der Waals surface area (Å²) in [7, 11) is 1.78. The summed E-state index contributed by atoms with van der Waals surface area (Å²) >= 11 is 3.27. The third-order valence-corrected chi connectivity index (χ3v) is 2.43. The van der Waals surface area contributed by atoms with E-state index in [0.717, 1.165) is 10.0 Å². The summed E-state index contributed by atoms with van der Waals surface area (Å²) in [6, 6.07) is 4.81. The van der Waals surface area contributed by atoms with E-state index in [1.807, 2.05) is 0 Å². The molecule has 0 heterocycles. The molecule has 0 bridgehead atoms. The van der Waals surface area contributed by atoms with Crippen molar-refractivity contribution < 1.29 is 10.2 Å². The van der Waals surface area contributed by atoms with Crippen LogP contribution < -0.4 is 5.32 Å². The average Bonchev–Trinajstić information content (AvgIpc) is 2.04. The molecule has 0 aliphatic carbocycles. The first kappa shape index (κ1) is 10.5. The van der Waals surface area contributed by atoms with Gasteiger partial charge in [-0.2, -0.15) is 0 Å². The zero-order valence-corrected chi connectivity index (χ0v) is 8.87. The minimum Gasteiger partial charge on any atom is -0.508 e. The van der Waals surface area contributed by atoms with Crippen LogP contribution in [0.25, 0.3) is 0 Å². The van der Waals surface area contributed by atoms with Crippen LogP contribution in [0.3, 0.4) is 0 Å². The van der Waals surface area contributed by atoms with Crippen molar-refractivity contribution in [2.24, 2.45) is 0 Å². The number of phenols is 1. The van der Waals surface area contributed by atoms with E-state index < -0.39 is 6.10 Å². The van der Waals surface area contributed by atoms with Crippen LogP contribution in [0, 0.1) is 0 Å². The first-order valence-corrected chi connectivity index (χ1v) is 4.75. The van der Waals surface area contributed by atoms with Gasteiger partial charge in [0.15, 0.2) is 0 Å². The van der Waals surface area contributed by atoms with Gasteiger partial charge in [-0.3, -0.25) is 0 Å². The van der Waals surface area contributed by atoms with Gasteiger partial charge in [0.05, 0.1) is 6.10 Å². The Balaban J connectivity index is 2.88. The fourth-order valence-electron chi connectivity index (χ4n) is 1.09. The maximum absolute atomic E-state index is 9.62. The summed E-state index contributed by atoms with van der Waals surface area (Å²) in [5.74, 6) is 0.187. The quantitative estimate of drug-likeness (QED) is 0.755. The second-order valence-electron chi connectivity index (χ2n) is 2.78. The van der Waals surface area contributed by atoms with Gasteiger partial charge >= 0.3 is 0 Å². The number of halogens is 1. The predicted octanol–water partition coefficient (Wildman–Crippen LogP) is 1.41. The summed E-state index contributed by atoms with van der Waals surface area (Å²) in [4.78, 5) is 0. The Labute approximate surface area is 85.5 Å². The highest BCUT2D eigenvalue weighted by molar-refractivity contribution is 9.10. The molecule has 0 aromatic heterocycles. The van der Waals surface area contributed by atoms with Crippen molar-refractivity contribution in [1.82, 2.24) is 5.32 Å². The standard InChI is InChI=1S/C9H12BrNO2/c1-11-5-9(13)7-3-2-6(12)4-8(7)10/h2-4,9,11-13H,5H2,1H3. The Morgan fingerprint density at radius 1 is 1.54 bits per heavy atom. The number of benzene rings is 1. The molecule has 13 heavy (non-hydrogen) atoms. The highest BCUT2D eigenvalue weighted by atomic mass is 79.9. The number of nitrogens with one attached hydrogen (secondary N) is 1. The van der Waals surface area contributed by atoms with Gasteiger partial charge in [-0.15, -0.1) is 0 Å². The van der Waals surface area contributed by atoms with Crippen LogP contribution in [-0.4, -0.2) is 23.8 Å². The molecular weight excluding hydrogens is 234 g/mol. The lowest BCUT2D eigenvalue weighted by atomic mass is 10.1. The summed E-state index contributed by atoms with van der Waals surface area (Å²) in [5, 5.41) is 21.6. The molecule has 0 amide bonds. The van der Waals surface area contributed by atoms with Gasteiger partial charge in [0, 0.05) is 11.0 Å². The van der Waals surface area contributed by atoms with Crippen LogP contribution in [0.4, 0.5) is 0 Å². The minimum absolute atomic E-state index is 0.187. The van der Waals surface area contributed by atoms with Crippen LogP contribution in [0.5, 0.6) is 5.75 Å². The van der Waals surface area contributed by atoms with Gasteiger partial charge in [0.2, 0.25) is 0 Å². The van der Waals surface area contributed by atoms with Crippen LogP contribution in [0.15, 0.2) is 22.7 Å². The fourth-order valence-corrected chi connectivity index (χ4v) is 1.72. The fraction of sp³-hybridized carbons (Fsp3) is 0.333. The summed E-state index contributed by atoms with van der Waals surface area (Å²) in [6.45, 7) is 0.489. The molecule has 0 fully saturated rings. The average molecular weight is 246 g/mol. The summed E-state index contributed by atoms with van der Waals surface area (Å²) in [6.07, 6.45) is -0.556. The molecule has 4 heteroatoms. The van der Waals surface area contributed by atoms with Gasteiger partial charge in [0.25, 0.3) is 0 Å². The molecule has 0 aliphatic heterocycles. The maximum Gasteiger partial charge on any atom is 0.116 e. The number of aliphatic hydroxyl groups excluding tert-OH is 1. The molecule has 0 saturated carbocycles. The van der Waals surface area contributed by atoms with Gasteiger partial charge in [-0.25, -0.2) is 0 Å². The highest BCUT2D eigenvalue weighted by Gasteiger charge is 2.10. The zero-order valence-electron chi connectivity index (χ0n) is 7.29. The number of likely N-dealkylation sites (N-methyl/N-ethyl adjacent to an activating group) is 1. The topological polar surface area (TPSA) is 52.5 Å². The van der Waals surface area contributed by atoms with E-state index in [4.69, 9.17) is 5.11 Å². The Kier molecular flexibility index (Phi) is 3.71. The van der Waals surface area contributed by atoms with E-state index in [-0.39, 0.29) is 5.75 Å². The monoisotopic (exact) mass is 245 g/mol. The third-order valence-electron chi connectivity index (χ3n) is 1.74. The highest BCUT2D eigenvalue weighted by Crippen LogP contribution is 2.26. The van der Waals surface area contributed by atoms with Gasteiger partial charge in [-0.1, -0.05) is 22.0 Å². The molecule has 1 aromatic rings. The molecular formula is C9H12BrNO2. The molecule has 0 radical (unpaired) electrons. The summed E-state index contributed by atoms with van der Waals surface area (Å²) < 4.78 is 0.718. The molecule has 0 aliphatic rings. The van der Waals surface area contributed by atoms with Gasteiger partial charge < -0.3 is 15.5 Å². The number of aromatic hydroxyl groups is 1. The van der Waals surface area contributed by atoms with E-state index in [9.17, 15) is 5.11 Å². The van der Waals surface area contributed by atoms with E-state index in [1.54, 1.807) is 25.2 Å². The van der Waals surface area contributed by atoms with E-state index in [0.29, 0.717) is 6.54 Å². The van der Waals surface area contributed by atoms with E-state index in [1.165, 1.54) is 0 Å². The largest absolute Gasteiger partial charge is 0.508 e. The van der Waals surface area contributed by atoms with Gasteiger partial charge in [0.1, 0.15) is 5.75 Å². The Hall–Kier alpha value is -0.580. The van der Waals surface area contributed by atoms with Crippen LogP contribution in [0.1, 0.15) is 11.7 Å². The number of hydrogen-bond donors (Lipinski definition) is 3. The number of hydrogen-bond acceptors (Lipinski definition) is 3. The minimum atomic E-state index is -0.556. The number of rotatable bonds is 3. The Morgan fingerprint density at radius 2 is 2.23 bits per heavy atom. The number of aliphatic hydroxyl groups is 1. The first-order valence-electron chi connectivity index (χ1n) is 3.96. The van der Waals surface area contributed by atoms with Crippen LogP contribution >= 0.6 is 15.9 Å². The second-order valence-corrected chi connectivity index (χ2v) is 3.63. The van der Waals surface area contributed by atoms with Crippen molar-refractivity contribution in [2.75, 3.05) is 13.6 Å². The molecule has 0 saturated heterocycles. The molecule has 1 rings (SSSR count). The van der Waals surface area contributed by atoms with Crippen molar-refractivity contribution in [3.63, 3.8) is 0 Å². The normalized spacial score (nSPS) is 12.8. The lowest BCUT2D eigenvalue weighted by molar-refractivity contribution is 0.177. The molecule has 72 valence electrons. The SMILES string of the molecule is CNCC(O)c1ccc(O)cc1Br. The van der Waals surface area contributed by atoms with Crippen molar-refractivity contribution in [1.29, 1.82) is 0 Å². The van der Waals surface area contributed by atoms with Crippen LogP contribution in [0.2, 0.25) is 0 Å². The van der Waals surface area contributed by atoms with Crippen LogP contribution in [-0.2, 0) is 0 Å². The smallest absolute Gasteiger partial charge is 0.116 e. The molecule has 0 spiro atoms. The molecule has 3 N–H and O–H groups in total. The second kappa shape index (κ2) is 4.60. The molecule has 1 unspecified atom stereocenters. The Morgan fingerprint density at radius 3 is 2.77 bits per heavy atom. The number of phenolic OH excluding ortho intramolecular Hbond substituents is 1. The lowest BCUT2D eigenvalue weighted by Gasteiger charge is -2.12. The molecule has 1 aromatic carbocycles.